The van der Waals surface area contributed by atoms with Crippen LogP contribution in [0.15, 0.2) is 6.20 Å². The highest BCUT2D eigenvalue weighted by Crippen LogP contribution is 2.13. The molecule has 1 unspecified atom stereocenters. The number of aromatic nitrogens is 2. The van der Waals surface area contributed by atoms with E-state index in [1.165, 1.54) is 6.42 Å². The lowest BCUT2D eigenvalue weighted by Gasteiger charge is -2.09. The fourth-order valence-corrected chi connectivity index (χ4v) is 0.866. The van der Waals surface area contributed by atoms with Crippen LogP contribution < -0.4 is 11.1 Å². The first-order chi connectivity index (χ1) is 5.74. The number of nitrogens with two attached hydrogens (primary N) is 1. The topological polar surface area (TPSA) is 66.7 Å². The van der Waals surface area contributed by atoms with E-state index in [-0.39, 0.29) is 0 Å². The summed E-state index contributed by atoms with van der Waals surface area (Å²) in [4.78, 5) is 0. The normalized spacial score (nSPS) is 12.8. The van der Waals surface area contributed by atoms with Crippen LogP contribution >= 0.6 is 0 Å². The Hall–Kier alpha value is -1.19. The summed E-state index contributed by atoms with van der Waals surface area (Å²) >= 11 is 0. The predicted molar refractivity (Wildman–Crippen MR) is 50.9 cm³/mol. The lowest BCUT2D eigenvalue weighted by atomic mass is 10.1. The Balaban J connectivity index is 2.38. The molecule has 0 aliphatic rings. The quantitative estimate of drug-likeness (QED) is 0.637. The van der Waals surface area contributed by atoms with Gasteiger partial charge in [-0.2, -0.15) is 5.10 Å². The number of H-pyrrole nitrogens is 1. The Bertz CT molecular complexity index is 231. The van der Waals surface area contributed by atoms with Gasteiger partial charge in [0.05, 0.1) is 11.9 Å². The largest absolute Gasteiger partial charge is 0.382 e. The average molecular weight is 168 g/mol. The minimum atomic E-state index is 0.610. The Morgan fingerprint density at radius 3 is 3.00 bits per heavy atom. The summed E-state index contributed by atoms with van der Waals surface area (Å²) in [5.41, 5.74) is 6.49. The maximum Gasteiger partial charge on any atom is 0.142 e. The number of rotatable bonds is 4. The van der Waals surface area contributed by atoms with Crippen molar-refractivity contribution in [2.75, 3.05) is 17.6 Å². The molecule has 0 saturated heterocycles. The summed E-state index contributed by atoms with van der Waals surface area (Å²) in [5.74, 6) is 1.28. The van der Waals surface area contributed by atoms with Crippen molar-refractivity contribution in [3.05, 3.63) is 6.20 Å². The lowest BCUT2D eigenvalue weighted by Crippen LogP contribution is -2.10. The smallest absolute Gasteiger partial charge is 0.142 e. The molecule has 68 valence electrons. The number of nitrogens with zero attached hydrogens (tertiary/aromatic N) is 1. The van der Waals surface area contributed by atoms with Crippen molar-refractivity contribution in [1.82, 2.24) is 10.2 Å². The number of nitrogen functional groups attached to an aromatic ring is 1. The Morgan fingerprint density at radius 1 is 1.75 bits per heavy atom. The van der Waals surface area contributed by atoms with Crippen molar-refractivity contribution in [2.45, 2.75) is 20.3 Å². The molecule has 1 aromatic rings. The molecule has 4 N–H and O–H groups in total. The van der Waals surface area contributed by atoms with Crippen molar-refractivity contribution in [1.29, 1.82) is 0 Å². The van der Waals surface area contributed by atoms with Gasteiger partial charge in [-0.05, 0) is 5.92 Å². The zero-order valence-corrected chi connectivity index (χ0v) is 7.59. The van der Waals surface area contributed by atoms with E-state index in [0.717, 1.165) is 12.2 Å². The van der Waals surface area contributed by atoms with Crippen molar-refractivity contribution in [3.63, 3.8) is 0 Å². The highest BCUT2D eigenvalue weighted by atomic mass is 15.2. The van der Waals surface area contributed by atoms with Crippen LogP contribution in [-0.4, -0.2) is 16.7 Å². The van der Waals surface area contributed by atoms with Gasteiger partial charge in [-0.1, -0.05) is 20.3 Å². The van der Waals surface area contributed by atoms with Crippen LogP contribution in [0.5, 0.6) is 0 Å². The highest BCUT2D eigenvalue weighted by Gasteiger charge is 2.02. The average Bonchev–Trinajstić information content (AvgIpc) is 2.47. The summed E-state index contributed by atoms with van der Waals surface area (Å²) in [7, 11) is 0. The van der Waals surface area contributed by atoms with Crippen molar-refractivity contribution in [2.24, 2.45) is 5.92 Å². The molecule has 0 aliphatic heterocycles. The molecule has 0 aliphatic carbocycles. The van der Waals surface area contributed by atoms with Gasteiger partial charge in [-0.3, -0.25) is 5.10 Å². The third kappa shape index (κ3) is 2.15. The standard InChI is InChI=1S/C8H16N4/c1-3-6(2)4-10-7-5-11-12-8(7)9/h5-6,10H,3-4H2,1-2H3,(H3,9,11,12). The SMILES string of the molecule is CCC(C)CNc1cn[nH]c1N. The Kier molecular flexibility index (Phi) is 2.96. The van der Waals surface area contributed by atoms with Crippen LogP contribution in [-0.2, 0) is 0 Å². The molecule has 0 saturated carbocycles. The van der Waals surface area contributed by atoms with Gasteiger partial charge in [-0.15, -0.1) is 0 Å². The maximum absolute atomic E-state index is 5.59. The number of anilines is 2. The molecule has 1 atom stereocenters. The van der Waals surface area contributed by atoms with Crippen LogP contribution in [0.25, 0.3) is 0 Å². The number of aromatic amines is 1. The predicted octanol–water partition coefficient (Wildman–Crippen LogP) is 1.45. The highest BCUT2D eigenvalue weighted by molar-refractivity contribution is 5.59. The lowest BCUT2D eigenvalue weighted by molar-refractivity contribution is 0.593. The minimum Gasteiger partial charge on any atom is -0.382 e. The summed E-state index contributed by atoms with van der Waals surface area (Å²) in [6.07, 6.45) is 2.88. The summed E-state index contributed by atoms with van der Waals surface area (Å²) in [5, 5.41) is 9.71. The first-order valence-electron chi connectivity index (χ1n) is 4.26. The first kappa shape index (κ1) is 8.90. The molecule has 1 rings (SSSR count). The van der Waals surface area contributed by atoms with Gasteiger partial charge in [0.25, 0.3) is 0 Å². The van der Waals surface area contributed by atoms with Gasteiger partial charge in [0, 0.05) is 6.54 Å². The van der Waals surface area contributed by atoms with Gasteiger partial charge in [0.15, 0.2) is 0 Å². The molecular formula is C8H16N4. The van der Waals surface area contributed by atoms with Crippen LogP contribution in [0, 0.1) is 5.92 Å². The molecule has 0 spiro atoms. The number of hydrogen-bond donors (Lipinski definition) is 3. The summed E-state index contributed by atoms with van der Waals surface area (Å²) < 4.78 is 0. The summed E-state index contributed by atoms with van der Waals surface area (Å²) in [6, 6.07) is 0. The van der Waals surface area contributed by atoms with Gasteiger partial charge in [0.2, 0.25) is 0 Å². The van der Waals surface area contributed by atoms with Crippen molar-refractivity contribution in [3.8, 4) is 0 Å². The Morgan fingerprint density at radius 2 is 2.50 bits per heavy atom. The fourth-order valence-electron chi connectivity index (χ4n) is 0.866. The van der Waals surface area contributed by atoms with Crippen LogP contribution in [0.1, 0.15) is 20.3 Å². The van der Waals surface area contributed by atoms with Gasteiger partial charge in [0.1, 0.15) is 5.82 Å². The van der Waals surface area contributed by atoms with E-state index < -0.39 is 0 Å². The van der Waals surface area contributed by atoms with Gasteiger partial charge >= 0.3 is 0 Å². The zero-order chi connectivity index (χ0) is 8.97. The van der Waals surface area contributed by atoms with Crippen molar-refractivity contribution < 1.29 is 0 Å². The van der Waals surface area contributed by atoms with Gasteiger partial charge in [-0.25, -0.2) is 0 Å². The molecule has 4 heteroatoms. The second-order valence-corrected chi connectivity index (χ2v) is 3.09. The molecule has 0 aromatic carbocycles. The monoisotopic (exact) mass is 168 g/mol. The molecule has 0 radical (unpaired) electrons. The second kappa shape index (κ2) is 3.99. The molecule has 0 fully saturated rings. The molecule has 1 aromatic heterocycles. The molecule has 0 bridgehead atoms. The summed E-state index contributed by atoms with van der Waals surface area (Å²) in [6.45, 7) is 5.31. The van der Waals surface area contributed by atoms with E-state index in [1.54, 1.807) is 6.20 Å². The Labute approximate surface area is 72.5 Å². The second-order valence-electron chi connectivity index (χ2n) is 3.09. The van der Waals surface area contributed by atoms with E-state index in [9.17, 15) is 0 Å². The molecule has 4 nitrogen and oxygen atoms in total. The van der Waals surface area contributed by atoms with Gasteiger partial charge < -0.3 is 11.1 Å². The van der Waals surface area contributed by atoms with E-state index in [2.05, 4.69) is 29.4 Å². The van der Waals surface area contributed by atoms with Crippen LogP contribution in [0.4, 0.5) is 11.5 Å². The molecular weight excluding hydrogens is 152 g/mol. The van der Waals surface area contributed by atoms with E-state index in [4.69, 9.17) is 5.73 Å². The minimum absolute atomic E-state index is 0.610. The fraction of sp³-hybridized carbons (Fsp3) is 0.625. The molecule has 1 heterocycles. The van der Waals surface area contributed by atoms with Crippen LogP contribution in [0.2, 0.25) is 0 Å². The third-order valence-corrected chi connectivity index (χ3v) is 2.01. The molecule has 12 heavy (non-hydrogen) atoms. The van der Waals surface area contributed by atoms with Crippen LogP contribution in [0.3, 0.4) is 0 Å². The van der Waals surface area contributed by atoms with E-state index >= 15 is 0 Å². The third-order valence-electron chi connectivity index (χ3n) is 2.01. The number of nitrogens with one attached hydrogen (secondary N) is 2. The maximum atomic E-state index is 5.59. The zero-order valence-electron chi connectivity index (χ0n) is 7.59. The van der Waals surface area contributed by atoms with E-state index in [0.29, 0.717) is 11.7 Å². The number of hydrogen-bond acceptors (Lipinski definition) is 3. The van der Waals surface area contributed by atoms with Crippen molar-refractivity contribution >= 4 is 11.5 Å². The molecule has 0 amide bonds. The first-order valence-corrected chi connectivity index (χ1v) is 4.26. The van der Waals surface area contributed by atoms with E-state index in [1.807, 2.05) is 0 Å².